The van der Waals surface area contributed by atoms with Crippen LogP contribution < -0.4 is 0 Å². The molecule has 0 heterocycles. The van der Waals surface area contributed by atoms with E-state index < -0.39 is 0 Å². The van der Waals surface area contributed by atoms with Gasteiger partial charge in [0.25, 0.3) is 0 Å². The summed E-state index contributed by atoms with van der Waals surface area (Å²) < 4.78 is 0.285. The fourth-order valence-electron chi connectivity index (χ4n) is 0.875. The van der Waals surface area contributed by atoms with Crippen LogP contribution in [0.1, 0.15) is 13.3 Å². The van der Waals surface area contributed by atoms with Gasteiger partial charge < -0.3 is 5.11 Å². The second-order valence-electron chi connectivity index (χ2n) is 2.96. The maximum Gasteiger partial charge on any atom is 0.338 e. The standard InChI is InChI=1S/C7H16NO2/c1-4-5-8(2,3)7(10)6-9/h9H,4-6H2,1-3H3/q+1. The van der Waals surface area contributed by atoms with Gasteiger partial charge in [0.15, 0.2) is 6.61 Å². The summed E-state index contributed by atoms with van der Waals surface area (Å²) >= 11 is 0. The van der Waals surface area contributed by atoms with E-state index in [-0.39, 0.29) is 17.0 Å². The minimum absolute atomic E-state index is 0.123. The molecule has 0 fully saturated rings. The molecule has 0 aromatic rings. The highest BCUT2D eigenvalue weighted by atomic mass is 16.3. The largest absolute Gasteiger partial charge is 0.382 e. The maximum absolute atomic E-state index is 10.9. The van der Waals surface area contributed by atoms with Crippen LogP contribution in [0.25, 0.3) is 0 Å². The summed E-state index contributed by atoms with van der Waals surface area (Å²) in [4.78, 5) is 10.9. The summed E-state index contributed by atoms with van der Waals surface area (Å²) in [6.07, 6.45) is 0.957. The number of hydrogen-bond donors (Lipinski definition) is 1. The zero-order valence-corrected chi connectivity index (χ0v) is 6.92. The van der Waals surface area contributed by atoms with E-state index >= 15 is 0 Å². The van der Waals surface area contributed by atoms with Gasteiger partial charge in [-0.25, -0.2) is 4.79 Å². The highest BCUT2D eigenvalue weighted by Gasteiger charge is 2.23. The van der Waals surface area contributed by atoms with Crippen LogP contribution in [-0.2, 0) is 4.79 Å². The van der Waals surface area contributed by atoms with Crippen molar-refractivity contribution in [2.45, 2.75) is 13.3 Å². The van der Waals surface area contributed by atoms with E-state index in [2.05, 4.69) is 0 Å². The zero-order valence-electron chi connectivity index (χ0n) is 6.92. The molecular weight excluding hydrogens is 130 g/mol. The number of nitrogens with zero attached hydrogens (tertiary/aromatic N) is 1. The Morgan fingerprint density at radius 3 is 2.30 bits per heavy atom. The van der Waals surface area contributed by atoms with Crippen molar-refractivity contribution >= 4 is 5.91 Å². The molecule has 60 valence electrons. The van der Waals surface area contributed by atoms with Crippen LogP contribution in [0.3, 0.4) is 0 Å². The topological polar surface area (TPSA) is 37.3 Å². The van der Waals surface area contributed by atoms with Gasteiger partial charge in [-0.05, 0) is 6.42 Å². The van der Waals surface area contributed by atoms with Crippen LogP contribution in [0.15, 0.2) is 0 Å². The molecule has 0 aliphatic heterocycles. The Morgan fingerprint density at radius 1 is 1.50 bits per heavy atom. The highest BCUT2D eigenvalue weighted by molar-refractivity contribution is 5.69. The summed E-state index contributed by atoms with van der Waals surface area (Å²) in [6.45, 7) is 2.46. The number of carbonyl (C=O) groups excluding carboxylic acids is 1. The van der Waals surface area contributed by atoms with Gasteiger partial charge in [-0.15, -0.1) is 0 Å². The lowest BCUT2D eigenvalue weighted by molar-refractivity contribution is -0.814. The molecule has 0 saturated carbocycles. The van der Waals surface area contributed by atoms with Crippen molar-refractivity contribution in [2.75, 3.05) is 27.2 Å². The molecule has 3 heteroatoms. The third-order valence-electron chi connectivity index (χ3n) is 1.59. The van der Waals surface area contributed by atoms with E-state index in [1.54, 1.807) is 0 Å². The van der Waals surface area contributed by atoms with Crippen molar-refractivity contribution in [1.82, 2.24) is 0 Å². The number of likely N-dealkylation sites (N-methyl/N-ethyl adjacent to an activating group) is 1. The maximum atomic E-state index is 10.9. The lowest BCUT2D eigenvalue weighted by Gasteiger charge is -2.24. The van der Waals surface area contributed by atoms with Gasteiger partial charge in [-0.1, -0.05) is 6.92 Å². The van der Waals surface area contributed by atoms with Gasteiger partial charge in [0.05, 0.1) is 20.6 Å². The van der Waals surface area contributed by atoms with Gasteiger partial charge >= 0.3 is 5.91 Å². The molecule has 0 atom stereocenters. The number of rotatable bonds is 3. The van der Waals surface area contributed by atoms with Crippen LogP contribution in [0, 0.1) is 0 Å². The van der Waals surface area contributed by atoms with E-state index in [1.807, 2.05) is 21.0 Å². The van der Waals surface area contributed by atoms with Gasteiger partial charge in [-0.3, -0.25) is 4.48 Å². The molecular formula is C7H16NO2+. The Bertz CT molecular complexity index is 121. The molecule has 0 aliphatic rings. The molecule has 0 aliphatic carbocycles. The first-order valence-electron chi connectivity index (χ1n) is 3.52. The Hall–Kier alpha value is -0.410. The average Bonchev–Trinajstić information content (AvgIpc) is 1.86. The molecule has 10 heavy (non-hydrogen) atoms. The normalized spacial score (nSPS) is 11.6. The number of aliphatic hydroxyl groups is 1. The second kappa shape index (κ2) is 3.68. The van der Waals surface area contributed by atoms with E-state index in [0.29, 0.717) is 0 Å². The molecule has 1 amide bonds. The Morgan fingerprint density at radius 2 is 2.00 bits per heavy atom. The number of amides is 1. The Balaban J connectivity index is 3.96. The van der Waals surface area contributed by atoms with Crippen molar-refractivity contribution in [3.05, 3.63) is 0 Å². The number of carbonyl (C=O) groups is 1. The summed E-state index contributed by atoms with van der Waals surface area (Å²) in [6, 6.07) is 0. The van der Waals surface area contributed by atoms with Crippen molar-refractivity contribution in [3.8, 4) is 0 Å². The fourth-order valence-corrected chi connectivity index (χ4v) is 0.875. The zero-order chi connectivity index (χ0) is 8.20. The summed E-state index contributed by atoms with van der Waals surface area (Å²) in [5.41, 5.74) is 0. The first kappa shape index (κ1) is 9.59. The number of aliphatic hydroxyl groups excluding tert-OH is 1. The monoisotopic (exact) mass is 146 g/mol. The van der Waals surface area contributed by atoms with Gasteiger partial charge in [0.1, 0.15) is 0 Å². The molecule has 0 aromatic heterocycles. The predicted molar refractivity (Wildman–Crippen MR) is 39.4 cm³/mol. The first-order chi connectivity index (χ1) is 4.54. The molecule has 0 bridgehead atoms. The van der Waals surface area contributed by atoms with Crippen molar-refractivity contribution in [1.29, 1.82) is 0 Å². The van der Waals surface area contributed by atoms with E-state index in [4.69, 9.17) is 5.11 Å². The number of hydrogen-bond acceptors (Lipinski definition) is 2. The molecule has 0 aromatic carbocycles. The SMILES string of the molecule is CCC[N+](C)(C)C(=O)CO. The van der Waals surface area contributed by atoms with E-state index in [0.717, 1.165) is 13.0 Å². The minimum atomic E-state index is -0.354. The molecule has 0 rings (SSSR count). The van der Waals surface area contributed by atoms with Crippen LogP contribution in [-0.4, -0.2) is 42.7 Å². The van der Waals surface area contributed by atoms with Crippen LogP contribution in [0.4, 0.5) is 0 Å². The third-order valence-corrected chi connectivity index (χ3v) is 1.59. The molecule has 0 saturated heterocycles. The quantitative estimate of drug-likeness (QED) is 0.569. The van der Waals surface area contributed by atoms with Crippen molar-refractivity contribution in [3.63, 3.8) is 0 Å². The third kappa shape index (κ3) is 2.45. The lowest BCUT2D eigenvalue weighted by atomic mass is 10.3. The van der Waals surface area contributed by atoms with Crippen LogP contribution in [0.2, 0.25) is 0 Å². The van der Waals surface area contributed by atoms with Crippen molar-refractivity contribution < 1.29 is 14.4 Å². The smallest absolute Gasteiger partial charge is 0.338 e. The molecule has 0 unspecified atom stereocenters. The Kier molecular flexibility index (Phi) is 3.53. The summed E-state index contributed by atoms with van der Waals surface area (Å²) in [5.74, 6) is -0.123. The van der Waals surface area contributed by atoms with Gasteiger partial charge in [0.2, 0.25) is 0 Å². The predicted octanol–water partition coefficient (Wildman–Crippen LogP) is -0.00830. The highest BCUT2D eigenvalue weighted by Crippen LogP contribution is 1.98. The van der Waals surface area contributed by atoms with Crippen molar-refractivity contribution in [2.24, 2.45) is 0 Å². The minimum Gasteiger partial charge on any atom is -0.382 e. The molecule has 1 N–H and O–H groups in total. The Labute approximate surface area is 61.9 Å². The number of quaternary nitrogens is 1. The van der Waals surface area contributed by atoms with E-state index in [1.165, 1.54) is 0 Å². The van der Waals surface area contributed by atoms with Gasteiger partial charge in [0, 0.05) is 0 Å². The lowest BCUT2D eigenvalue weighted by Crippen LogP contribution is -2.47. The van der Waals surface area contributed by atoms with Crippen LogP contribution >= 0.6 is 0 Å². The average molecular weight is 146 g/mol. The fraction of sp³-hybridized carbons (Fsp3) is 0.857. The van der Waals surface area contributed by atoms with E-state index in [9.17, 15) is 4.79 Å². The first-order valence-corrected chi connectivity index (χ1v) is 3.52. The second-order valence-corrected chi connectivity index (χ2v) is 2.96. The molecule has 0 radical (unpaired) electrons. The van der Waals surface area contributed by atoms with Gasteiger partial charge in [-0.2, -0.15) is 0 Å². The molecule has 0 spiro atoms. The summed E-state index contributed by atoms with van der Waals surface area (Å²) in [7, 11) is 3.62. The summed E-state index contributed by atoms with van der Waals surface area (Å²) in [5, 5.41) is 8.53. The van der Waals surface area contributed by atoms with Crippen LogP contribution in [0.5, 0.6) is 0 Å². The molecule has 3 nitrogen and oxygen atoms in total.